The molecule has 3 aromatic rings. The molecule has 30 heavy (non-hydrogen) atoms. The minimum absolute atomic E-state index is 0.192. The lowest BCUT2D eigenvalue weighted by Gasteiger charge is -2.06. The van der Waals surface area contributed by atoms with Crippen molar-refractivity contribution in [2.45, 2.75) is 20.8 Å². The van der Waals surface area contributed by atoms with Crippen LogP contribution in [0.4, 0.5) is 0 Å². The molecular weight excluding hydrogens is 380 g/mol. The Kier molecular flexibility index (Phi) is 8.32. The van der Waals surface area contributed by atoms with Crippen LogP contribution in [0, 0.1) is 0 Å². The third-order valence-electron chi connectivity index (χ3n) is 3.73. The molecule has 0 aliphatic carbocycles. The van der Waals surface area contributed by atoms with Gasteiger partial charge < -0.3 is 14.3 Å². The predicted octanol–water partition coefficient (Wildman–Crippen LogP) is 6.15. The number of hydrogen-bond acceptors (Lipinski definition) is 5. The van der Waals surface area contributed by atoms with Gasteiger partial charge in [0.1, 0.15) is 11.5 Å². The zero-order valence-electron chi connectivity index (χ0n) is 17.2. The first-order valence-electron chi connectivity index (χ1n) is 9.51. The second-order valence-corrected chi connectivity index (χ2v) is 5.73. The van der Waals surface area contributed by atoms with Crippen molar-refractivity contribution in [3.63, 3.8) is 0 Å². The molecule has 0 saturated carbocycles. The molecule has 0 unspecified atom stereocenters. The summed E-state index contributed by atoms with van der Waals surface area (Å²) in [6, 6.07) is 13.5. The number of carbonyl (C=O) groups is 1. The third kappa shape index (κ3) is 5.78. The summed E-state index contributed by atoms with van der Waals surface area (Å²) in [6.07, 6.45) is 7.12. The van der Waals surface area contributed by atoms with E-state index in [-0.39, 0.29) is 5.56 Å². The van der Waals surface area contributed by atoms with Crippen molar-refractivity contribution in [2.24, 2.45) is 0 Å². The highest BCUT2D eigenvalue weighted by atomic mass is 16.5. The van der Waals surface area contributed by atoms with Gasteiger partial charge in [0, 0.05) is 11.1 Å². The van der Waals surface area contributed by atoms with Crippen molar-refractivity contribution >= 4 is 5.97 Å². The van der Waals surface area contributed by atoms with E-state index in [1.165, 1.54) is 12.1 Å². The van der Waals surface area contributed by atoms with E-state index in [1.54, 1.807) is 30.4 Å². The van der Waals surface area contributed by atoms with Gasteiger partial charge in [-0.3, -0.25) is 0 Å². The number of ether oxygens (including phenoxy) is 1. The van der Waals surface area contributed by atoms with Gasteiger partial charge in [-0.2, -0.15) is 0 Å². The maximum Gasteiger partial charge on any atom is 0.335 e. The molecule has 0 spiro atoms. The molecule has 154 valence electrons. The Morgan fingerprint density at radius 3 is 2.33 bits per heavy atom. The highest BCUT2D eigenvalue weighted by Crippen LogP contribution is 2.27. The molecule has 6 nitrogen and oxygen atoms in total. The minimum Gasteiger partial charge on any atom is -0.478 e. The summed E-state index contributed by atoms with van der Waals surface area (Å²) < 4.78 is 11.6. The summed E-state index contributed by atoms with van der Waals surface area (Å²) in [4.78, 5) is 11.0. The summed E-state index contributed by atoms with van der Waals surface area (Å²) >= 11 is 0. The molecule has 1 aromatic heterocycles. The molecule has 0 aliphatic heterocycles. The van der Waals surface area contributed by atoms with Gasteiger partial charge in [0.05, 0.1) is 5.56 Å². The highest BCUT2D eigenvalue weighted by molar-refractivity contribution is 5.88. The van der Waals surface area contributed by atoms with E-state index in [1.807, 2.05) is 51.1 Å². The molecular formula is C24H24N2O4. The third-order valence-corrected chi connectivity index (χ3v) is 3.73. The lowest BCUT2D eigenvalue weighted by atomic mass is 10.1. The molecule has 0 fully saturated rings. The van der Waals surface area contributed by atoms with E-state index < -0.39 is 5.97 Å². The second kappa shape index (κ2) is 11.2. The number of aromatic carboxylic acids is 1. The van der Waals surface area contributed by atoms with Crippen LogP contribution in [0.15, 0.2) is 89.6 Å². The Morgan fingerprint density at radius 1 is 1.07 bits per heavy atom. The van der Waals surface area contributed by atoms with Gasteiger partial charge in [-0.05, 0) is 61.5 Å². The van der Waals surface area contributed by atoms with Gasteiger partial charge >= 0.3 is 5.97 Å². The monoisotopic (exact) mass is 404 g/mol. The maximum absolute atomic E-state index is 11.0. The number of carboxylic acids is 1. The summed E-state index contributed by atoms with van der Waals surface area (Å²) in [5, 5.41) is 17.1. The van der Waals surface area contributed by atoms with Crippen molar-refractivity contribution in [1.82, 2.24) is 10.2 Å². The summed E-state index contributed by atoms with van der Waals surface area (Å²) in [5.41, 5.74) is 1.54. The fourth-order valence-electron chi connectivity index (χ4n) is 2.44. The summed E-state index contributed by atoms with van der Waals surface area (Å²) in [6.45, 7) is 9.58. The number of rotatable bonds is 7. The Bertz CT molecular complexity index is 1050. The predicted molar refractivity (Wildman–Crippen MR) is 117 cm³/mol. The van der Waals surface area contributed by atoms with Crippen LogP contribution in [0.2, 0.25) is 0 Å². The molecule has 1 heterocycles. The van der Waals surface area contributed by atoms with Crippen molar-refractivity contribution in [3.05, 3.63) is 90.7 Å². The van der Waals surface area contributed by atoms with Crippen LogP contribution in [0.5, 0.6) is 5.75 Å². The topological polar surface area (TPSA) is 85.5 Å². The molecule has 6 heteroatoms. The van der Waals surface area contributed by atoms with Crippen molar-refractivity contribution < 1.29 is 19.1 Å². The first-order valence-corrected chi connectivity index (χ1v) is 9.51. The fourth-order valence-corrected chi connectivity index (χ4v) is 2.44. The van der Waals surface area contributed by atoms with Gasteiger partial charge in [-0.1, -0.05) is 38.6 Å². The average Bonchev–Trinajstić information content (AvgIpc) is 3.26. The molecule has 0 bridgehead atoms. The molecule has 0 aliphatic rings. The Morgan fingerprint density at radius 2 is 1.73 bits per heavy atom. The van der Waals surface area contributed by atoms with E-state index in [9.17, 15) is 4.79 Å². The van der Waals surface area contributed by atoms with Gasteiger partial charge in [-0.15, -0.1) is 10.2 Å². The summed E-state index contributed by atoms with van der Waals surface area (Å²) in [5.74, 6) is 0.925. The Hall–Kier alpha value is -3.93. The normalized spacial score (nSPS) is 11.0. The number of carboxylic acid groups (broad SMARTS) is 1. The SMILES string of the molecule is C=C/C=C(\C=C/C)Oc1cccc(-c2nnc(-c3ccc(C(=O)O)cc3)o2)c1.CC. The van der Waals surface area contributed by atoms with Crippen LogP contribution in [-0.2, 0) is 0 Å². The van der Waals surface area contributed by atoms with Crippen LogP contribution in [0.3, 0.4) is 0 Å². The fraction of sp³-hybridized carbons (Fsp3) is 0.125. The van der Waals surface area contributed by atoms with Gasteiger partial charge in [-0.25, -0.2) is 4.79 Å². The van der Waals surface area contributed by atoms with Crippen LogP contribution in [0.1, 0.15) is 31.1 Å². The van der Waals surface area contributed by atoms with E-state index in [0.717, 1.165) is 0 Å². The lowest BCUT2D eigenvalue weighted by Crippen LogP contribution is -1.94. The van der Waals surface area contributed by atoms with Crippen molar-refractivity contribution in [2.75, 3.05) is 0 Å². The number of nitrogens with zero attached hydrogens (tertiary/aromatic N) is 2. The van der Waals surface area contributed by atoms with Gasteiger partial charge in [0.15, 0.2) is 0 Å². The van der Waals surface area contributed by atoms with Crippen LogP contribution >= 0.6 is 0 Å². The number of allylic oxidation sites excluding steroid dienone is 4. The first kappa shape index (κ1) is 22.4. The number of hydrogen-bond donors (Lipinski definition) is 1. The smallest absolute Gasteiger partial charge is 0.335 e. The summed E-state index contributed by atoms with van der Waals surface area (Å²) in [7, 11) is 0. The maximum atomic E-state index is 11.0. The minimum atomic E-state index is -0.989. The van der Waals surface area contributed by atoms with E-state index in [0.29, 0.717) is 34.4 Å². The molecule has 1 N–H and O–H groups in total. The van der Waals surface area contributed by atoms with Crippen LogP contribution in [-0.4, -0.2) is 21.3 Å². The molecule has 3 rings (SSSR count). The zero-order valence-corrected chi connectivity index (χ0v) is 17.2. The highest BCUT2D eigenvalue weighted by Gasteiger charge is 2.12. The van der Waals surface area contributed by atoms with E-state index in [2.05, 4.69) is 16.8 Å². The molecule has 0 saturated heterocycles. The number of aromatic nitrogens is 2. The average molecular weight is 404 g/mol. The van der Waals surface area contributed by atoms with Crippen LogP contribution in [0.25, 0.3) is 22.9 Å². The molecule has 0 amide bonds. The molecule has 2 aromatic carbocycles. The quantitative estimate of drug-likeness (QED) is 0.375. The lowest BCUT2D eigenvalue weighted by molar-refractivity contribution is 0.0697. The Balaban J connectivity index is 0.00000155. The Labute approximate surface area is 175 Å². The number of benzene rings is 2. The first-order chi connectivity index (χ1) is 14.6. The van der Waals surface area contributed by atoms with Gasteiger partial charge in [0.25, 0.3) is 0 Å². The largest absolute Gasteiger partial charge is 0.478 e. The van der Waals surface area contributed by atoms with Crippen molar-refractivity contribution in [3.8, 4) is 28.7 Å². The zero-order chi connectivity index (χ0) is 21.9. The van der Waals surface area contributed by atoms with Crippen LogP contribution < -0.4 is 4.74 Å². The van der Waals surface area contributed by atoms with Crippen molar-refractivity contribution in [1.29, 1.82) is 0 Å². The second-order valence-electron chi connectivity index (χ2n) is 5.73. The van der Waals surface area contributed by atoms with E-state index in [4.69, 9.17) is 14.3 Å². The molecule has 0 radical (unpaired) electrons. The standard InChI is InChI=1S/C22H18N2O4.C2H6/c1-3-6-18(7-4-2)27-19-9-5-8-17(14-19)21-24-23-20(28-21)15-10-12-16(13-11-15)22(25)26;1-2/h3-14H,1H2,2H3,(H,25,26);1-2H3/b7-4-,18-6+;. The van der Waals surface area contributed by atoms with Gasteiger partial charge in [0.2, 0.25) is 11.8 Å². The molecule has 0 atom stereocenters. The van der Waals surface area contributed by atoms with E-state index >= 15 is 0 Å².